The van der Waals surface area contributed by atoms with Gasteiger partial charge in [0.05, 0.1) is 5.56 Å². The highest BCUT2D eigenvalue weighted by atomic mass is 19.4. The predicted molar refractivity (Wildman–Crippen MR) is 75.0 cm³/mol. The Bertz CT molecular complexity index is 707. The Hall–Kier alpha value is -2.03. The van der Waals surface area contributed by atoms with E-state index in [4.69, 9.17) is 0 Å². The van der Waals surface area contributed by atoms with Crippen LogP contribution in [-0.4, -0.2) is 24.9 Å². The number of hydrogen-bond donors (Lipinski definition) is 1. The quantitative estimate of drug-likeness (QED) is 0.638. The molecule has 9 heteroatoms. The molecule has 1 fully saturated rings. The van der Waals surface area contributed by atoms with Crippen LogP contribution in [0, 0.1) is 5.41 Å². The Morgan fingerprint density at radius 2 is 1.76 bits per heavy atom. The molecule has 3 rings (SSSR count). The second kappa shape index (κ2) is 5.76. The summed E-state index contributed by atoms with van der Waals surface area (Å²) in [5.74, 6) is -2.26. The fourth-order valence-electron chi connectivity index (χ4n) is 3.09. The first-order valence-electron chi connectivity index (χ1n) is 7.39. The van der Waals surface area contributed by atoms with Crippen LogP contribution in [0.25, 0.3) is 5.57 Å². The smallest absolute Gasteiger partial charge is 0.439 e. The molecule has 0 amide bonds. The van der Waals surface area contributed by atoms with E-state index in [0.29, 0.717) is 24.9 Å². The van der Waals surface area contributed by atoms with E-state index in [-0.39, 0.29) is 0 Å². The van der Waals surface area contributed by atoms with Gasteiger partial charge in [-0.05, 0) is 36.1 Å². The van der Waals surface area contributed by atoms with Crippen LogP contribution < -0.4 is 5.32 Å². The summed E-state index contributed by atoms with van der Waals surface area (Å²) < 4.78 is 79.2. The lowest BCUT2D eigenvalue weighted by Gasteiger charge is -2.47. The zero-order chi connectivity index (χ0) is 18.5. The third-order valence-corrected chi connectivity index (χ3v) is 4.53. The maximum absolute atomic E-state index is 12.6. The minimum atomic E-state index is -5.07. The van der Waals surface area contributed by atoms with Gasteiger partial charge in [-0.25, -0.2) is 4.79 Å². The van der Waals surface area contributed by atoms with Crippen LogP contribution in [0.2, 0.25) is 0 Å². The first kappa shape index (κ1) is 17.8. The van der Waals surface area contributed by atoms with Crippen molar-refractivity contribution in [2.45, 2.75) is 31.4 Å². The van der Waals surface area contributed by atoms with E-state index in [1.54, 1.807) is 6.08 Å². The van der Waals surface area contributed by atoms with Gasteiger partial charge in [-0.3, -0.25) is 5.32 Å². The Balaban J connectivity index is 1.68. The van der Waals surface area contributed by atoms with Crippen LogP contribution in [0.15, 0.2) is 30.3 Å². The van der Waals surface area contributed by atoms with Gasteiger partial charge in [0.1, 0.15) is 0 Å². The summed E-state index contributed by atoms with van der Waals surface area (Å²) in [4.78, 5) is 11.0. The fraction of sp³-hybridized carbons (Fsp3) is 0.438. The number of halogens is 6. The number of allylic oxidation sites excluding steroid dienone is 2. The number of carbonyl (C=O) groups is 1. The summed E-state index contributed by atoms with van der Waals surface area (Å²) in [6.45, 7) is 0.365. The highest BCUT2D eigenvalue weighted by Gasteiger charge is 2.54. The molecule has 25 heavy (non-hydrogen) atoms. The van der Waals surface area contributed by atoms with E-state index in [2.05, 4.69) is 10.1 Å². The van der Waals surface area contributed by atoms with Crippen LogP contribution in [0.5, 0.6) is 0 Å². The van der Waals surface area contributed by atoms with Crippen LogP contribution in [-0.2, 0) is 15.7 Å². The van der Waals surface area contributed by atoms with E-state index in [1.165, 1.54) is 12.1 Å². The average molecular weight is 365 g/mol. The molecule has 2 unspecified atom stereocenters. The van der Waals surface area contributed by atoms with E-state index in [0.717, 1.165) is 17.7 Å². The van der Waals surface area contributed by atoms with Crippen molar-refractivity contribution in [1.29, 1.82) is 0 Å². The molecule has 1 saturated heterocycles. The third-order valence-electron chi connectivity index (χ3n) is 4.53. The Labute approximate surface area is 138 Å². The number of carbonyl (C=O) groups excluding carboxylic acids is 1. The molecule has 1 heterocycles. The van der Waals surface area contributed by atoms with Gasteiger partial charge >= 0.3 is 18.3 Å². The number of esters is 1. The molecule has 2 aliphatic rings. The number of alkyl halides is 6. The van der Waals surface area contributed by atoms with Crippen molar-refractivity contribution in [1.82, 2.24) is 5.32 Å². The summed E-state index contributed by atoms with van der Waals surface area (Å²) in [6.07, 6.45) is -8.10. The lowest BCUT2D eigenvalue weighted by Crippen LogP contribution is -2.63. The third kappa shape index (κ3) is 3.37. The van der Waals surface area contributed by atoms with Crippen molar-refractivity contribution >= 4 is 11.5 Å². The highest BCUT2D eigenvalue weighted by Crippen LogP contribution is 2.48. The van der Waals surface area contributed by atoms with Gasteiger partial charge in [-0.2, -0.15) is 26.3 Å². The average Bonchev–Trinajstić information content (AvgIpc) is 2.97. The molecule has 1 aliphatic heterocycles. The molecule has 0 saturated carbocycles. The van der Waals surface area contributed by atoms with E-state index in [1.807, 2.05) is 0 Å². The summed E-state index contributed by atoms with van der Waals surface area (Å²) in [5, 5.41) is 2.66. The number of rotatable bonds is 2. The number of benzene rings is 1. The van der Waals surface area contributed by atoms with Crippen molar-refractivity contribution in [3.63, 3.8) is 0 Å². The second-order valence-corrected chi connectivity index (χ2v) is 6.21. The molecule has 0 bridgehead atoms. The van der Waals surface area contributed by atoms with Gasteiger partial charge in [0.15, 0.2) is 6.23 Å². The summed E-state index contributed by atoms with van der Waals surface area (Å²) >= 11 is 0. The molecule has 136 valence electrons. The predicted octanol–water partition coefficient (Wildman–Crippen LogP) is 3.90. The molecule has 0 aromatic heterocycles. The lowest BCUT2D eigenvalue weighted by molar-refractivity contribution is -0.220. The summed E-state index contributed by atoms with van der Waals surface area (Å²) in [7, 11) is 0. The van der Waals surface area contributed by atoms with Gasteiger partial charge in [-0.1, -0.05) is 18.2 Å². The number of nitrogens with one attached hydrogen (secondary N) is 1. The van der Waals surface area contributed by atoms with E-state index < -0.39 is 35.5 Å². The fourth-order valence-corrected chi connectivity index (χ4v) is 3.09. The SMILES string of the molecule is O=C(OC1NCC12CC=C(c1ccc(C(F)(F)F)cc1)C2)C(F)(F)F. The van der Waals surface area contributed by atoms with E-state index in [9.17, 15) is 31.1 Å². The maximum atomic E-state index is 12.6. The minimum Gasteiger partial charge on any atom is -0.439 e. The van der Waals surface area contributed by atoms with Crippen molar-refractivity contribution in [2.24, 2.45) is 5.41 Å². The topological polar surface area (TPSA) is 38.3 Å². The second-order valence-electron chi connectivity index (χ2n) is 6.21. The van der Waals surface area contributed by atoms with E-state index >= 15 is 0 Å². The molecule has 0 radical (unpaired) electrons. The first-order chi connectivity index (χ1) is 11.5. The van der Waals surface area contributed by atoms with Crippen LogP contribution >= 0.6 is 0 Å². The standard InChI is InChI=1S/C16H13F6NO2/c17-15(18,19)11-3-1-9(2-4-11)10-5-6-14(7-10)8-23-12(14)25-13(24)16(20,21)22/h1-5,12,23H,6-8H2. The number of ether oxygens (including phenoxy) is 1. The Morgan fingerprint density at radius 3 is 2.24 bits per heavy atom. The van der Waals surface area contributed by atoms with Crippen LogP contribution in [0.1, 0.15) is 24.0 Å². The van der Waals surface area contributed by atoms with Gasteiger partial charge in [0, 0.05) is 12.0 Å². The molecule has 1 N–H and O–H groups in total. The molecule has 1 aliphatic carbocycles. The van der Waals surface area contributed by atoms with Gasteiger partial charge < -0.3 is 4.74 Å². The van der Waals surface area contributed by atoms with Crippen molar-refractivity contribution in [3.8, 4) is 0 Å². The molecular formula is C16H13F6NO2. The van der Waals surface area contributed by atoms with Gasteiger partial charge in [0.2, 0.25) is 0 Å². The van der Waals surface area contributed by atoms with Crippen molar-refractivity contribution in [2.75, 3.05) is 6.54 Å². The molecule has 1 aromatic rings. The Morgan fingerprint density at radius 1 is 1.12 bits per heavy atom. The van der Waals surface area contributed by atoms with Crippen molar-refractivity contribution < 1.29 is 35.9 Å². The molecule has 2 atom stereocenters. The zero-order valence-electron chi connectivity index (χ0n) is 12.7. The van der Waals surface area contributed by atoms with Crippen LogP contribution in [0.4, 0.5) is 26.3 Å². The Kier molecular flexibility index (Phi) is 4.09. The zero-order valence-corrected chi connectivity index (χ0v) is 12.7. The van der Waals surface area contributed by atoms with Gasteiger partial charge in [-0.15, -0.1) is 0 Å². The first-order valence-corrected chi connectivity index (χ1v) is 7.39. The van der Waals surface area contributed by atoms with Gasteiger partial charge in [0.25, 0.3) is 0 Å². The molecular weight excluding hydrogens is 352 g/mol. The monoisotopic (exact) mass is 365 g/mol. The summed E-state index contributed by atoms with van der Waals surface area (Å²) in [5.41, 5.74) is -0.160. The maximum Gasteiger partial charge on any atom is 0.490 e. The molecule has 3 nitrogen and oxygen atoms in total. The van der Waals surface area contributed by atoms with Crippen LogP contribution in [0.3, 0.4) is 0 Å². The molecule has 1 spiro atoms. The minimum absolute atomic E-state index is 0.321. The highest BCUT2D eigenvalue weighted by molar-refractivity contribution is 5.76. The number of hydrogen-bond acceptors (Lipinski definition) is 3. The lowest BCUT2D eigenvalue weighted by atomic mass is 9.76. The normalized spacial score (nSPS) is 26.3. The largest absolute Gasteiger partial charge is 0.490 e. The molecule has 1 aromatic carbocycles. The van der Waals surface area contributed by atoms with Crippen molar-refractivity contribution in [3.05, 3.63) is 41.5 Å². The summed E-state index contributed by atoms with van der Waals surface area (Å²) in [6, 6.07) is 4.58.